The summed E-state index contributed by atoms with van der Waals surface area (Å²) in [5.74, 6) is 0.759. The molecular formula is C15H15NO3. The first-order valence-corrected chi connectivity index (χ1v) is 6.27. The Morgan fingerprint density at radius 2 is 2.21 bits per heavy atom. The highest BCUT2D eigenvalue weighted by molar-refractivity contribution is 5.42. The number of fused-ring (bicyclic) bond motifs is 1. The molecule has 98 valence electrons. The van der Waals surface area contributed by atoms with E-state index in [9.17, 15) is 10.2 Å². The number of hydrogen-bond donors (Lipinski definition) is 2. The number of pyridine rings is 1. The van der Waals surface area contributed by atoms with Crippen LogP contribution in [0.1, 0.15) is 17.2 Å². The highest BCUT2D eigenvalue weighted by Gasteiger charge is 2.29. The lowest BCUT2D eigenvalue weighted by Crippen LogP contribution is -2.27. The summed E-state index contributed by atoms with van der Waals surface area (Å²) in [6, 6.07) is 8.68. The van der Waals surface area contributed by atoms with Crippen molar-refractivity contribution < 1.29 is 14.9 Å². The Bertz CT molecular complexity index is 571. The fourth-order valence-electron chi connectivity index (χ4n) is 2.43. The number of rotatable bonds is 2. The van der Waals surface area contributed by atoms with Gasteiger partial charge in [0.05, 0.1) is 12.7 Å². The smallest absolute Gasteiger partial charge is 0.125 e. The first-order valence-electron chi connectivity index (χ1n) is 6.27. The van der Waals surface area contributed by atoms with Crippen LogP contribution in [0.2, 0.25) is 0 Å². The molecule has 0 spiro atoms. The van der Waals surface area contributed by atoms with Gasteiger partial charge in [0.15, 0.2) is 0 Å². The number of aromatic hydroxyl groups is 1. The van der Waals surface area contributed by atoms with Crippen molar-refractivity contribution in [1.29, 1.82) is 0 Å². The number of hydrogen-bond acceptors (Lipinski definition) is 4. The molecule has 1 aromatic carbocycles. The summed E-state index contributed by atoms with van der Waals surface area (Å²) in [4.78, 5) is 4.07. The number of aliphatic hydroxyl groups is 1. The molecular weight excluding hydrogens is 242 g/mol. The molecule has 0 saturated carbocycles. The third-order valence-electron chi connectivity index (χ3n) is 3.43. The van der Waals surface area contributed by atoms with Crippen LogP contribution in [-0.4, -0.2) is 21.8 Å². The van der Waals surface area contributed by atoms with Crippen LogP contribution in [0.5, 0.6) is 11.5 Å². The van der Waals surface area contributed by atoms with E-state index in [1.54, 1.807) is 30.6 Å². The second kappa shape index (κ2) is 4.90. The van der Waals surface area contributed by atoms with Crippen LogP contribution < -0.4 is 4.74 Å². The molecule has 1 aliphatic rings. The summed E-state index contributed by atoms with van der Waals surface area (Å²) in [5.41, 5.74) is 1.72. The minimum absolute atomic E-state index is 0.0292. The lowest BCUT2D eigenvalue weighted by molar-refractivity contribution is 0.0505. The molecule has 2 aromatic rings. The van der Waals surface area contributed by atoms with Crippen LogP contribution in [-0.2, 0) is 6.42 Å². The molecule has 0 amide bonds. The van der Waals surface area contributed by atoms with E-state index in [-0.39, 0.29) is 11.7 Å². The quantitative estimate of drug-likeness (QED) is 0.864. The van der Waals surface area contributed by atoms with E-state index in [1.165, 1.54) is 0 Å². The largest absolute Gasteiger partial charge is 0.508 e. The molecule has 0 radical (unpaired) electrons. The van der Waals surface area contributed by atoms with Crippen LogP contribution in [0.25, 0.3) is 0 Å². The van der Waals surface area contributed by atoms with Gasteiger partial charge in [0.2, 0.25) is 0 Å². The number of phenols is 1. The first-order chi connectivity index (χ1) is 9.24. The SMILES string of the molecule is Oc1ccc2c(c1)C(O)C(Cc1cccnc1)CO2. The maximum Gasteiger partial charge on any atom is 0.125 e. The summed E-state index contributed by atoms with van der Waals surface area (Å²) in [6.45, 7) is 0.466. The Morgan fingerprint density at radius 3 is 3.00 bits per heavy atom. The van der Waals surface area contributed by atoms with Gasteiger partial charge in [-0.1, -0.05) is 6.07 Å². The molecule has 4 nitrogen and oxygen atoms in total. The van der Waals surface area contributed by atoms with Crippen molar-refractivity contribution in [3.63, 3.8) is 0 Å². The van der Waals surface area contributed by atoms with Gasteiger partial charge in [0.25, 0.3) is 0 Å². The predicted octanol–water partition coefficient (Wildman–Crippen LogP) is 2.07. The molecule has 1 aliphatic heterocycles. The Hall–Kier alpha value is -2.07. The van der Waals surface area contributed by atoms with Gasteiger partial charge in [0, 0.05) is 23.9 Å². The molecule has 0 saturated heterocycles. The molecule has 1 aromatic heterocycles. The van der Waals surface area contributed by atoms with Crippen molar-refractivity contribution in [2.24, 2.45) is 5.92 Å². The molecule has 2 N–H and O–H groups in total. The molecule has 0 fully saturated rings. The van der Waals surface area contributed by atoms with Crippen molar-refractivity contribution in [2.45, 2.75) is 12.5 Å². The lowest BCUT2D eigenvalue weighted by Gasteiger charge is -2.30. The van der Waals surface area contributed by atoms with Crippen molar-refractivity contribution in [1.82, 2.24) is 4.98 Å². The van der Waals surface area contributed by atoms with E-state index in [0.29, 0.717) is 24.3 Å². The highest BCUT2D eigenvalue weighted by Crippen LogP contribution is 2.38. The Morgan fingerprint density at radius 1 is 1.32 bits per heavy atom. The summed E-state index contributed by atoms with van der Waals surface area (Å²) in [7, 11) is 0. The number of benzene rings is 1. The summed E-state index contributed by atoms with van der Waals surface area (Å²) >= 11 is 0. The average Bonchev–Trinajstić information content (AvgIpc) is 2.44. The van der Waals surface area contributed by atoms with E-state index in [4.69, 9.17) is 4.74 Å². The highest BCUT2D eigenvalue weighted by atomic mass is 16.5. The summed E-state index contributed by atoms with van der Waals surface area (Å²) in [6.07, 6.45) is 3.59. The number of aliphatic hydroxyl groups excluding tert-OH is 1. The zero-order valence-electron chi connectivity index (χ0n) is 10.4. The first kappa shape index (κ1) is 12.0. The van der Waals surface area contributed by atoms with Crippen LogP contribution in [0.4, 0.5) is 0 Å². The lowest BCUT2D eigenvalue weighted by atomic mass is 9.88. The summed E-state index contributed by atoms with van der Waals surface area (Å²) in [5, 5.41) is 19.9. The van der Waals surface area contributed by atoms with Crippen LogP contribution in [0.3, 0.4) is 0 Å². The summed E-state index contributed by atoms with van der Waals surface area (Å²) < 4.78 is 5.64. The molecule has 2 atom stereocenters. The molecule has 19 heavy (non-hydrogen) atoms. The molecule has 0 aliphatic carbocycles. The minimum Gasteiger partial charge on any atom is -0.508 e. The van der Waals surface area contributed by atoms with Crippen molar-refractivity contribution in [2.75, 3.05) is 6.61 Å². The minimum atomic E-state index is -0.629. The molecule has 0 bridgehead atoms. The maximum absolute atomic E-state index is 10.4. The zero-order valence-corrected chi connectivity index (χ0v) is 10.4. The number of phenolic OH excluding ortho intramolecular Hbond substituents is 1. The van der Waals surface area contributed by atoms with E-state index < -0.39 is 6.10 Å². The number of nitrogens with zero attached hydrogens (tertiary/aromatic N) is 1. The van der Waals surface area contributed by atoms with E-state index in [1.807, 2.05) is 12.1 Å². The van der Waals surface area contributed by atoms with Crippen molar-refractivity contribution >= 4 is 0 Å². The van der Waals surface area contributed by atoms with Gasteiger partial charge in [-0.3, -0.25) is 4.98 Å². The Kier molecular flexibility index (Phi) is 3.09. The molecule has 2 unspecified atom stereocenters. The normalized spacial score (nSPS) is 21.5. The molecule has 2 heterocycles. The topological polar surface area (TPSA) is 62.6 Å². The fourth-order valence-corrected chi connectivity index (χ4v) is 2.43. The second-order valence-corrected chi connectivity index (χ2v) is 4.80. The fraction of sp³-hybridized carbons (Fsp3) is 0.267. The van der Waals surface area contributed by atoms with Gasteiger partial charge in [-0.05, 0) is 36.2 Å². The van der Waals surface area contributed by atoms with Gasteiger partial charge in [-0.15, -0.1) is 0 Å². The van der Waals surface area contributed by atoms with Gasteiger partial charge in [-0.25, -0.2) is 0 Å². The van der Waals surface area contributed by atoms with Gasteiger partial charge < -0.3 is 14.9 Å². The number of aromatic nitrogens is 1. The van der Waals surface area contributed by atoms with Crippen LogP contribution >= 0.6 is 0 Å². The van der Waals surface area contributed by atoms with Gasteiger partial charge in [0.1, 0.15) is 11.5 Å². The van der Waals surface area contributed by atoms with Crippen LogP contribution in [0, 0.1) is 5.92 Å². The van der Waals surface area contributed by atoms with E-state index >= 15 is 0 Å². The van der Waals surface area contributed by atoms with Gasteiger partial charge in [-0.2, -0.15) is 0 Å². The maximum atomic E-state index is 10.4. The number of ether oxygens (including phenoxy) is 1. The predicted molar refractivity (Wildman–Crippen MR) is 70.0 cm³/mol. The Balaban J connectivity index is 1.83. The van der Waals surface area contributed by atoms with E-state index in [2.05, 4.69) is 4.98 Å². The third kappa shape index (κ3) is 2.39. The Labute approximate surface area is 111 Å². The third-order valence-corrected chi connectivity index (χ3v) is 3.43. The van der Waals surface area contributed by atoms with Crippen molar-refractivity contribution in [3.8, 4) is 11.5 Å². The van der Waals surface area contributed by atoms with E-state index in [0.717, 1.165) is 5.56 Å². The monoisotopic (exact) mass is 257 g/mol. The second-order valence-electron chi connectivity index (χ2n) is 4.80. The average molecular weight is 257 g/mol. The molecule has 4 heteroatoms. The van der Waals surface area contributed by atoms with Crippen molar-refractivity contribution in [3.05, 3.63) is 53.9 Å². The zero-order chi connectivity index (χ0) is 13.2. The van der Waals surface area contributed by atoms with Crippen LogP contribution in [0.15, 0.2) is 42.7 Å². The standard InChI is InChI=1S/C15H15NO3/c17-12-3-4-14-13(7-12)15(18)11(9-19-14)6-10-2-1-5-16-8-10/h1-5,7-8,11,15,17-18H,6,9H2. The molecule has 3 rings (SSSR count). The van der Waals surface area contributed by atoms with Gasteiger partial charge >= 0.3 is 0 Å².